The molecule has 0 rings (SSSR count). The van der Waals surface area contributed by atoms with Gasteiger partial charge in [0.1, 0.15) is 0 Å². The molecule has 0 aromatic carbocycles. The number of carbonyl (C=O) groups excluding carboxylic acids is 1. The Morgan fingerprint density at radius 2 is 1.88 bits per heavy atom. The van der Waals surface area contributed by atoms with Gasteiger partial charge < -0.3 is 11.1 Å². The molecule has 0 aromatic heterocycles. The third kappa shape index (κ3) is 4.84. The minimum absolute atomic E-state index is 0.155. The number of carbonyl (C=O) groups is 1. The Kier molecular flexibility index (Phi) is 5.80. The van der Waals surface area contributed by atoms with Crippen LogP contribution in [0, 0.1) is 11.8 Å². The molecule has 1 atom stereocenters. The average Bonchev–Trinajstić information content (AvgIpc) is 2.13. The van der Waals surface area contributed by atoms with Gasteiger partial charge in [0.25, 0.3) is 0 Å². The van der Waals surface area contributed by atoms with Crippen LogP contribution in [0.25, 0.3) is 0 Å². The van der Waals surface area contributed by atoms with Crippen molar-refractivity contribution >= 4 is 23.1 Å². The molecule has 1 amide bonds. The zero-order valence-electron chi connectivity index (χ0n) is 9.34. The summed E-state index contributed by atoms with van der Waals surface area (Å²) >= 11 is 4.61. The predicted molar refractivity (Wildman–Crippen MR) is 59.1 cm³/mol. The van der Waals surface area contributed by atoms with E-state index in [1.165, 1.54) is 0 Å². The van der Waals surface area contributed by atoms with Gasteiger partial charge in [0.05, 0.1) is 17.5 Å². The van der Waals surface area contributed by atoms with Gasteiger partial charge in [0, 0.05) is 0 Å². The number of hydrogen-bond donors (Lipinski definition) is 2. The Hall–Kier alpha value is -0.920. The lowest BCUT2D eigenvalue weighted by Crippen LogP contribution is -2.47. The molecular formula is C9H14F4N2OS. The van der Waals surface area contributed by atoms with Crippen LogP contribution in [0.5, 0.6) is 0 Å². The number of rotatable bonds is 6. The van der Waals surface area contributed by atoms with Crippen molar-refractivity contribution in [3.05, 3.63) is 0 Å². The standard InChI is InChI=1S/C9H14F4N2OS/c1-4(2)5(6(14)17)7(16)15-3-9(12,13)8(10)11/h4-5,8H,3H2,1-2H3,(H2,14,17)(H,15,16). The highest BCUT2D eigenvalue weighted by Crippen LogP contribution is 2.22. The van der Waals surface area contributed by atoms with E-state index in [1.807, 2.05) is 0 Å². The average molecular weight is 274 g/mol. The molecule has 8 heteroatoms. The molecule has 3 nitrogen and oxygen atoms in total. The highest BCUT2D eigenvalue weighted by molar-refractivity contribution is 7.80. The summed E-state index contributed by atoms with van der Waals surface area (Å²) in [5.74, 6) is -6.37. The molecule has 100 valence electrons. The maximum absolute atomic E-state index is 12.5. The fraction of sp³-hybridized carbons (Fsp3) is 0.778. The zero-order valence-corrected chi connectivity index (χ0v) is 10.2. The molecule has 0 spiro atoms. The van der Waals surface area contributed by atoms with Crippen LogP contribution in [-0.2, 0) is 4.79 Å². The first-order valence-electron chi connectivity index (χ1n) is 4.82. The zero-order chi connectivity index (χ0) is 13.8. The van der Waals surface area contributed by atoms with Crippen molar-refractivity contribution in [1.82, 2.24) is 5.32 Å². The van der Waals surface area contributed by atoms with E-state index in [0.717, 1.165) is 0 Å². The van der Waals surface area contributed by atoms with Crippen molar-refractivity contribution in [1.29, 1.82) is 0 Å². The van der Waals surface area contributed by atoms with E-state index in [2.05, 4.69) is 12.2 Å². The largest absolute Gasteiger partial charge is 0.393 e. The van der Waals surface area contributed by atoms with Crippen molar-refractivity contribution in [2.24, 2.45) is 17.6 Å². The van der Waals surface area contributed by atoms with Crippen LogP contribution in [0.1, 0.15) is 13.8 Å². The Balaban J connectivity index is 4.49. The number of nitrogens with one attached hydrogen (secondary N) is 1. The number of nitrogens with two attached hydrogens (primary N) is 1. The van der Waals surface area contributed by atoms with Crippen LogP contribution in [-0.4, -0.2) is 29.8 Å². The van der Waals surface area contributed by atoms with Gasteiger partial charge in [-0.1, -0.05) is 26.1 Å². The second kappa shape index (κ2) is 6.13. The highest BCUT2D eigenvalue weighted by Gasteiger charge is 2.41. The minimum Gasteiger partial charge on any atom is -0.393 e. The monoisotopic (exact) mass is 274 g/mol. The van der Waals surface area contributed by atoms with Gasteiger partial charge in [0.15, 0.2) is 0 Å². The van der Waals surface area contributed by atoms with E-state index in [4.69, 9.17) is 5.73 Å². The van der Waals surface area contributed by atoms with Gasteiger partial charge in [-0.25, -0.2) is 8.78 Å². The molecule has 0 aliphatic rings. The van der Waals surface area contributed by atoms with E-state index in [9.17, 15) is 22.4 Å². The smallest absolute Gasteiger partial charge is 0.324 e. The van der Waals surface area contributed by atoms with Crippen LogP contribution in [0.2, 0.25) is 0 Å². The molecule has 0 aliphatic heterocycles. The van der Waals surface area contributed by atoms with Gasteiger partial charge in [-0.3, -0.25) is 4.79 Å². The van der Waals surface area contributed by atoms with Crippen molar-refractivity contribution in [3.8, 4) is 0 Å². The topological polar surface area (TPSA) is 55.1 Å². The SMILES string of the molecule is CC(C)C(C(=O)NCC(F)(F)C(F)F)C(N)=S. The molecule has 1 unspecified atom stereocenters. The molecule has 3 N–H and O–H groups in total. The minimum atomic E-state index is -4.26. The lowest BCUT2D eigenvalue weighted by Gasteiger charge is -2.21. The summed E-state index contributed by atoms with van der Waals surface area (Å²) in [7, 11) is 0. The van der Waals surface area contributed by atoms with Gasteiger partial charge in [-0.15, -0.1) is 0 Å². The van der Waals surface area contributed by atoms with Crippen LogP contribution in [0.15, 0.2) is 0 Å². The van der Waals surface area contributed by atoms with Crippen LogP contribution < -0.4 is 11.1 Å². The number of amides is 1. The number of halogens is 4. The Bertz CT molecular complexity index is 297. The lowest BCUT2D eigenvalue weighted by molar-refractivity contribution is -0.138. The molecule has 0 heterocycles. The maximum atomic E-state index is 12.5. The molecule has 0 saturated carbocycles. The quantitative estimate of drug-likeness (QED) is 0.571. The van der Waals surface area contributed by atoms with Gasteiger partial charge in [-0.2, -0.15) is 8.78 Å². The van der Waals surface area contributed by atoms with E-state index < -0.39 is 30.7 Å². The highest BCUT2D eigenvalue weighted by atomic mass is 32.1. The van der Waals surface area contributed by atoms with E-state index in [-0.39, 0.29) is 10.9 Å². The first-order valence-corrected chi connectivity index (χ1v) is 5.23. The first-order chi connectivity index (χ1) is 7.59. The van der Waals surface area contributed by atoms with Crippen molar-refractivity contribution in [2.75, 3.05) is 6.54 Å². The third-order valence-corrected chi connectivity index (χ3v) is 2.33. The molecule has 0 aliphatic carbocycles. The van der Waals surface area contributed by atoms with Crippen molar-refractivity contribution in [3.63, 3.8) is 0 Å². The van der Waals surface area contributed by atoms with E-state index >= 15 is 0 Å². The Morgan fingerprint density at radius 1 is 1.41 bits per heavy atom. The molecule has 0 fully saturated rings. The summed E-state index contributed by atoms with van der Waals surface area (Å²) in [4.78, 5) is 11.3. The lowest BCUT2D eigenvalue weighted by atomic mass is 9.95. The van der Waals surface area contributed by atoms with Crippen molar-refractivity contribution in [2.45, 2.75) is 26.2 Å². The molecule has 17 heavy (non-hydrogen) atoms. The van der Waals surface area contributed by atoms with E-state index in [1.54, 1.807) is 19.2 Å². The second-order valence-corrected chi connectivity index (χ2v) is 4.37. The van der Waals surface area contributed by atoms with E-state index in [0.29, 0.717) is 0 Å². The summed E-state index contributed by atoms with van der Waals surface area (Å²) in [6.07, 6.45) is -3.83. The Labute approximate surface area is 102 Å². The fourth-order valence-electron chi connectivity index (χ4n) is 1.15. The maximum Gasteiger partial charge on any atom is 0.324 e. The fourth-order valence-corrected chi connectivity index (χ4v) is 1.53. The molecule has 0 saturated heterocycles. The normalized spacial score (nSPS) is 13.9. The summed E-state index contributed by atoms with van der Waals surface area (Å²) < 4.78 is 48.7. The number of alkyl halides is 4. The molecule has 0 radical (unpaired) electrons. The first kappa shape index (κ1) is 16.1. The van der Waals surface area contributed by atoms with Crippen LogP contribution in [0.4, 0.5) is 17.6 Å². The van der Waals surface area contributed by atoms with Crippen LogP contribution >= 0.6 is 12.2 Å². The molecule has 0 bridgehead atoms. The summed E-state index contributed by atoms with van der Waals surface area (Å²) in [5.41, 5.74) is 5.27. The summed E-state index contributed by atoms with van der Waals surface area (Å²) in [5, 5.41) is 1.73. The predicted octanol–water partition coefficient (Wildman–Crippen LogP) is 1.56. The number of hydrogen-bond acceptors (Lipinski definition) is 2. The number of thiocarbonyl (C=S) groups is 1. The molecular weight excluding hydrogens is 260 g/mol. The van der Waals surface area contributed by atoms with Crippen LogP contribution in [0.3, 0.4) is 0 Å². The second-order valence-electron chi connectivity index (χ2n) is 3.90. The van der Waals surface area contributed by atoms with Gasteiger partial charge in [-0.05, 0) is 5.92 Å². The summed E-state index contributed by atoms with van der Waals surface area (Å²) in [6, 6.07) is 0. The summed E-state index contributed by atoms with van der Waals surface area (Å²) in [6.45, 7) is 1.80. The van der Waals surface area contributed by atoms with Crippen molar-refractivity contribution < 1.29 is 22.4 Å². The van der Waals surface area contributed by atoms with Gasteiger partial charge >= 0.3 is 12.3 Å². The van der Waals surface area contributed by atoms with Gasteiger partial charge in [0.2, 0.25) is 5.91 Å². The third-order valence-electron chi connectivity index (χ3n) is 2.07. The molecule has 0 aromatic rings. The Morgan fingerprint density at radius 3 is 2.18 bits per heavy atom.